The first-order valence-electron chi connectivity index (χ1n) is 15.9. The molecule has 2 aliphatic carbocycles. The van der Waals surface area contributed by atoms with Gasteiger partial charge in [-0.2, -0.15) is 0 Å². The summed E-state index contributed by atoms with van der Waals surface area (Å²) in [7, 11) is 1.55. The van der Waals surface area contributed by atoms with Crippen LogP contribution in [0.3, 0.4) is 0 Å². The Bertz CT molecular complexity index is 1810. The molecule has 0 spiro atoms. The molecule has 0 radical (unpaired) electrons. The van der Waals surface area contributed by atoms with E-state index in [0.29, 0.717) is 65.6 Å². The maximum absolute atomic E-state index is 11.9. The van der Waals surface area contributed by atoms with E-state index >= 15 is 0 Å². The number of para-hydroxylation sites is 1. The van der Waals surface area contributed by atoms with Crippen LogP contribution in [0, 0.1) is 0 Å². The summed E-state index contributed by atoms with van der Waals surface area (Å²) in [5.41, 5.74) is 3.29. The number of carbonyl (C=O) groups is 1. The van der Waals surface area contributed by atoms with Gasteiger partial charge in [-0.15, -0.1) is 0 Å². The van der Waals surface area contributed by atoms with Crippen molar-refractivity contribution >= 4 is 34.3 Å². The first-order chi connectivity index (χ1) is 22.3. The van der Waals surface area contributed by atoms with Gasteiger partial charge in [-0.3, -0.25) is 9.88 Å². The van der Waals surface area contributed by atoms with Crippen molar-refractivity contribution in [3.05, 3.63) is 70.8 Å². The van der Waals surface area contributed by atoms with Crippen molar-refractivity contribution in [1.82, 2.24) is 19.4 Å². The fourth-order valence-electron chi connectivity index (χ4n) is 7.02. The monoisotopic (exact) mass is 645 g/mol. The summed E-state index contributed by atoms with van der Waals surface area (Å²) < 4.78 is 26.6. The SMILES string of the molecule is COc1cc(C(=O)O)cc2c1nc(CN1CCN(c3cccc4c3O[C@@](C)(c3ccc(Cl)cn3)O4)[C@H]3CC[C@@H]31)n2CCOC1CC1. The van der Waals surface area contributed by atoms with Crippen LogP contribution in [0.4, 0.5) is 5.69 Å². The molecular weight excluding hydrogens is 610 g/mol. The molecular formula is C34H36ClN5O6. The van der Waals surface area contributed by atoms with Crippen molar-refractivity contribution in [1.29, 1.82) is 0 Å². The van der Waals surface area contributed by atoms with Crippen molar-refractivity contribution in [2.24, 2.45) is 0 Å². The number of anilines is 1. The first kappa shape index (κ1) is 29.3. The largest absolute Gasteiger partial charge is 0.494 e. The maximum Gasteiger partial charge on any atom is 0.335 e. The fourth-order valence-corrected chi connectivity index (χ4v) is 7.13. The number of imidazole rings is 1. The molecule has 4 heterocycles. The fraction of sp³-hybridized carbons (Fsp3) is 0.441. The van der Waals surface area contributed by atoms with Gasteiger partial charge < -0.3 is 33.5 Å². The molecule has 0 amide bonds. The molecule has 46 heavy (non-hydrogen) atoms. The second-order valence-corrected chi connectivity index (χ2v) is 13.0. The van der Waals surface area contributed by atoms with Gasteiger partial charge in [-0.25, -0.2) is 9.78 Å². The van der Waals surface area contributed by atoms with Gasteiger partial charge in [0.2, 0.25) is 0 Å². The third-order valence-electron chi connectivity index (χ3n) is 9.66. The number of hydrogen-bond acceptors (Lipinski definition) is 9. The molecule has 12 heteroatoms. The maximum atomic E-state index is 11.9. The Hall–Kier alpha value is -4.06. The number of aromatic carboxylic acids is 1. The Balaban J connectivity index is 1.05. The van der Waals surface area contributed by atoms with Crippen LogP contribution in [0.15, 0.2) is 48.7 Å². The van der Waals surface area contributed by atoms with Gasteiger partial charge in [0.1, 0.15) is 22.8 Å². The molecule has 1 N–H and O–H groups in total. The summed E-state index contributed by atoms with van der Waals surface area (Å²) in [6.07, 6.45) is 6.29. The highest BCUT2D eigenvalue weighted by Crippen LogP contribution is 2.51. The highest BCUT2D eigenvalue weighted by molar-refractivity contribution is 6.30. The van der Waals surface area contributed by atoms with Gasteiger partial charge >= 0.3 is 5.97 Å². The number of ether oxygens (including phenoxy) is 4. The Morgan fingerprint density at radius 2 is 1.96 bits per heavy atom. The van der Waals surface area contributed by atoms with Gasteiger partial charge in [0, 0.05) is 44.8 Å². The second kappa shape index (κ2) is 11.3. The van der Waals surface area contributed by atoms with Crippen LogP contribution >= 0.6 is 11.6 Å². The summed E-state index contributed by atoms with van der Waals surface area (Å²) in [5, 5.41) is 10.3. The molecule has 4 aromatic rings. The molecule has 2 aromatic heterocycles. The minimum atomic E-state index is -1.05. The Kier molecular flexibility index (Phi) is 7.23. The van der Waals surface area contributed by atoms with E-state index in [1.807, 2.05) is 25.1 Å². The van der Waals surface area contributed by atoms with E-state index in [4.69, 9.17) is 35.5 Å². The molecule has 1 saturated heterocycles. The molecule has 2 aromatic carbocycles. The Morgan fingerprint density at radius 1 is 1.11 bits per heavy atom. The molecule has 3 atom stereocenters. The zero-order valence-electron chi connectivity index (χ0n) is 25.8. The summed E-state index contributed by atoms with van der Waals surface area (Å²) in [6.45, 7) is 5.32. The molecule has 2 aliphatic heterocycles. The number of methoxy groups -OCH3 is 1. The zero-order valence-corrected chi connectivity index (χ0v) is 26.6. The number of hydrogen-bond donors (Lipinski definition) is 1. The standard InChI is InChI=1S/C34H36ClN5O6/c1-34(29-11-6-21(35)18-36-29)45-27-5-3-4-25(32(27)46-34)39-13-12-38(23-9-10-24(23)39)19-30-37-31-26(40(30)14-15-44-22-7-8-22)16-20(33(41)42)17-28(31)43-2/h3-6,11,16-18,22-24H,7-10,12-15,19H2,1-2H3,(H,41,42)/t23-,24-,34-/m0/s1. The van der Waals surface area contributed by atoms with Gasteiger partial charge in [0.05, 0.1) is 48.2 Å². The number of pyridine rings is 1. The predicted octanol–water partition coefficient (Wildman–Crippen LogP) is 5.47. The van der Waals surface area contributed by atoms with E-state index in [1.165, 1.54) is 0 Å². The number of nitrogens with zero attached hydrogens (tertiary/aromatic N) is 5. The van der Waals surface area contributed by atoms with Crippen LogP contribution in [-0.4, -0.2) is 75.5 Å². The van der Waals surface area contributed by atoms with E-state index < -0.39 is 11.8 Å². The summed E-state index contributed by atoms with van der Waals surface area (Å²) >= 11 is 6.08. The lowest BCUT2D eigenvalue weighted by Gasteiger charge is -2.54. The number of rotatable bonds is 10. The van der Waals surface area contributed by atoms with Crippen LogP contribution in [-0.2, 0) is 23.6 Å². The third-order valence-corrected chi connectivity index (χ3v) is 9.89. The summed E-state index contributed by atoms with van der Waals surface area (Å²) in [4.78, 5) is 26.4. The Morgan fingerprint density at radius 3 is 2.67 bits per heavy atom. The predicted molar refractivity (Wildman–Crippen MR) is 171 cm³/mol. The van der Waals surface area contributed by atoms with Crippen molar-refractivity contribution in [2.45, 2.75) is 69.7 Å². The molecule has 0 bridgehead atoms. The quantitative estimate of drug-likeness (QED) is 0.238. The molecule has 0 unspecified atom stereocenters. The number of carboxylic acids is 1. The highest BCUT2D eigenvalue weighted by atomic mass is 35.5. The average molecular weight is 646 g/mol. The lowest BCUT2D eigenvalue weighted by atomic mass is 9.81. The molecule has 2 saturated carbocycles. The van der Waals surface area contributed by atoms with Crippen LogP contribution in [0.2, 0.25) is 5.02 Å². The molecule has 240 valence electrons. The number of halogens is 1. The molecule has 3 fully saturated rings. The van der Waals surface area contributed by atoms with Gasteiger partial charge in [-0.1, -0.05) is 17.7 Å². The minimum Gasteiger partial charge on any atom is -0.494 e. The van der Waals surface area contributed by atoms with Gasteiger partial charge in [0.15, 0.2) is 11.5 Å². The number of aromatic nitrogens is 3. The van der Waals surface area contributed by atoms with E-state index in [2.05, 4.69) is 25.4 Å². The van der Waals surface area contributed by atoms with Crippen molar-refractivity contribution < 1.29 is 28.8 Å². The van der Waals surface area contributed by atoms with E-state index in [-0.39, 0.29) is 5.56 Å². The summed E-state index contributed by atoms with van der Waals surface area (Å²) in [5.74, 6) is 0.742. The van der Waals surface area contributed by atoms with Crippen LogP contribution in [0.1, 0.15) is 54.5 Å². The summed E-state index contributed by atoms with van der Waals surface area (Å²) in [6, 6.07) is 13.6. The van der Waals surface area contributed by atoms with Gasteiger partial charge in [-0.05, 0) is 62.1 Å². The zero-order chi connectivity index (χ0) is 31.6. The van der Waals surface area contributed by atoms with Crippen LogP contribution < -0.4 is 19.1 Å². The topological polar surface area (TPSA) is 111 Å². The van der Waals surface area contributed by atoms with Crippen molar-refractivity contribution in [2.75, 3.05) is 31.7 Å². The van der Waals surface area contributed by atoms with Crippen LogP contribution in [0.25, 0.3) is 11.0 Å². The van der Waals surface area contributed by atoms with Crippen molar-refractivity contribution in [3.63, 3.8) is 0 Å². The first-order valence-corrected chi connectivity index (χ1v) is 16.2. The minimum absolute atomic E-state index is 0.178. The highest BCUT2D eigenvalue weighted by Gasteiger charge is 2.47. The van der Waals surface area contributed by atoms with E-state index in [9.17, 15) is 9.90 Å². The number of benzene rings is 2. The number of piperazine rings is 1. The number of fused-ring (bicyclic) bond motifs is 3. The van der Waals surface area contributed by atoms with Crippen molar-refractivity contribution in [3.8, 4) is 17.2 Å². The van der Waals surface area contributed by atoms with E-state index in [0.717, 1.165) is 61.6 Å². The molecule has 8 rings (SSSR count). The lowest BCUT2D eigenvalue weighted by Crippen LogP contribution is -2.64. The van der Waals surface area contributed by atoms with E-state index in [1.54, 1.807) is 31.5 Å². The second-order valence-electron chi connectivity index (χ2n) is 12.6. The molecule has 4 aliphatic rings. The Labute approximate surface area is 271 Å². The molecule has 11 nitrogen and oxygen atoms in total. The lowest BCUT2D eigenvalue weighted by molar-refractivity contribution is -0.0717. The average Bonchev–Trinajstić information content (AvgIpc) is 3.69. The smallest absolute Gasteiger partial charge is 0.335 e. The van der Waals surface area contributed by atoms with Crippen LogP contribution in [0.5, 0.6) is 17.2 Å². The normalized spacial score (nSPS) is 23.8. The van der Waals surface area contributed by atoms with Gasteiger partial charge in [0.25, 0.3) is 5.79 Å². The third kappa shape index (κ3) is 5.10. The number of carboxylic acid groups (broad SMARTS) is 1.